The number of halogens is 1. The SMILES string of the molecule is O=C(O)[C@@H]1CCCN(C(=O)NCc2ccccc2Cl)C1. The summed E-state index contributed by atoms with van der Waals surface area (Å²) in [6.07, 6.45) is 1.35. The third-order valence-electron chi connectivity index (χ3n) is 3.45. The van der Waals surface area contributed by atoms with Crippen LogP contribution in [-0.2, 0) is 11.3 Å². The zero-order valence-corrected chi connectivity index (χ0v) is 11.8. The monoisotopic (exact) mass is 296 g/mol. The van der Waals surface area contributed by atoms with Crippen molar-refractivity contribution in [3.8, 4) is 0 Å². The minimum absolute atomic E-state index is 0.240. The van der Waals surface area contributed by atoms with E-state index < -0.39 is 11.9 Å². The van der Waals surface area contributed by atoms with Crippen LogP contribution in [0.3, 0.4) is 0 Å². The lowest BCUT2D eigenvalue weighted by Crippen LogP contribution is -2.46. The van der Waals surface area contributed by atoms with E-state index in [1.165, 1.54) is 0 Å². The molecule has 2 N–H and O–H groups in total. The Hall–Kier alpha value is -1.75. The van der Waals surface area contributed by atoms with Gasteiger partial charge < -0.3 is 15.3 Å². The van der Waals surface area contributed by atoms with Gasteiger partial charge in [0.2, 0.25) is 0 Å². The average molecular weight is 297 g/mol. The smallest absolute Gasteiger partial charge is 0.317 e. The first-order chi connectivity index (χ1) is 9.58. The first-order valence-corrected chi connectivity index (χ1v) is 6.94. The lowest BCUT2D eigenvalue weighted by atomic mass is 9.99. The summed E-state index contributed by atoms with van der Waals surface area (Å²) in [5.41, 5.74) is 0.842. The lowest BCUT2D eigenvalue weighted by molar-refractivity contribution is -0.143. The van der Waals surface area contributed by atoms with Gasteiger partial charge in [-0.2, -0.15) is 0 Å². The highest BCUT2D eigenvalue weighted by molar-refractivity contribution is 6.31. The van der Waals surface area contributed by atoms with Crippen LogP contribution in [-0.4, -0.2) is 35.1 Å². The van der Waals surface area contributed by atoms with Gasteiger partial charge in [0.05, 0.1) is 5.92 Å². The van der Waals surface area contributed by atoms with Crippen molar-refractivity contribution in [1.29, 1.82) is 0 Å². The van der Waals surface area contributed by atoms with Crippen LogP contribution in [0.4, 0.5) is 4.79 Å². The van der Waals surface area contributed by atoms with Gasteiger partial charge >= 0.3 is 12.0 Å². The first-order valence-electron chi connectivity index (χ1n) is 6.57. The lowest BCUT2D eigenvalue weighted by Gasteiger charge is -2.30. The van der Waals surface area contributed by atoms with Gasteiger partial charge in [0.1, 0.15) is 0 Å². The number of carbonyl (C=O) groups excluding carboxylic acids is 1. The second-order valence-electron chi connectivity index (χ2n) is 4.87. The topological polar surface area (TPSA) is 69.6 Å². The molecule has 0 radical (unpaired) electrons. The second kappa shape index (κ2) is 6.61. The summed E-state index contributed by atoms with van der Waals surface area (Å²) in [7, 11) is 0. The minimum Gasteiger partial charge on any atom is -0.481 e. The number of hydrogen-bond acceptors (Lipinski definition) is 2. The summed E-state index contributed by atoms with van der Waals surface area (Å²) in [5.74, 6) is -1.30. The molecule has 1 saturated heterocycles. The van der Waals surface area contributed by atoms with Crippen molar-refractivity contribution in [1.82, 2.24) is 10.2 Å². The third kappa shape index (κ3) is 3.63. The molecule has 1 aliphatic rings. The molecular formula is C14H17ClN2O3. The number of aliphatic carboxylic acids is 1. The zero-order valence-electron chi connectivity index (χ0n) is 11.0. The molecule has 2 amide bonds. The average Bonchev–Trinajstić information content (AvgIpc) is 2.46. The maximum atomic E-state index is 12.0. The van der Waals surface area contributed by atoms with E-state index in [1.807, 2.05) is 18.2 Å². The molecule has 5 nitrogen and oxygen atoms in total. The molecule has 1 heterocycles. The van der Waals surface area contributed by atoms with Gasteiger partial charge in [-0.25, -0.2) is 4.79 Å². The van der Waals surface area contributed by atoms with Gasteiger partial charge in [0.25, 0.3) is 0 Å². The largest absolute Gasteiger partial charge is 0.481 e. The van der Waals surface area contributed by atoms with Gasteiger partial charge in [-0.15, -0.1) is 0 Å². The van der Waals surface area contributed by atoms with Crippen LogP contribution in [0.1, 0.15) is 18.4 Å². The third-order valence-corrected chi connectivity index (χ3v) is 3.81. The van der Waals surface area contributed by atoms with Gasteiger partial charge in [-0.3, -0.25) is 4.79 Å². The molecule has 0 unspecified atom stereocenters. The van der Waals surface area contributed by atoms with Crippen molar-refractivity contribution in [2.45, 2.75) is 19.4 Å². The molecule has 6 heteroatoms. The maximum absolute atomic E-state index is 12.0. The van der Waals surface area contributed by atoms with E-state index in [2.05, 4.69) is 5.32 Å². The fourth-order valence-corrected chi connectivity index (χ4v) is 2.49. The number of nitrogens with zero attached hydrogens (tertiary/aromatic N) is 1. The molecule has 2 rings (SSSR count). The molecule has 20 heavy (non-hydrogen) atoms. The Bertz CT molecular complexity index is 507. The normalized spacial score (nSPS) is 18.6. The quantitative estimate of drug-likeness (QED) is 0.899. The summed E-state index contributed by atoms with van der Waals surface area (Å²) in [6.45, 7) is 1.20. The molecule has 1 aromatic carbocycles. The predicted octanol–water partition coefficient (Wildman–Crippen LogP) is 2.35. The number of benzene rings is 1. The van der Waals surface area contributed by atoms with E-state index in [4.69, 9.17) is 16.7 Å². The van der Waals surface area contributed by atoms with Gasteiger partial charge in [0.15, 0.2) is 0 Å². The van der Waals surface area contributed by atoms with Crippen molar-refractivity contribution in [2.24, 2.45) is 5.92 Å². The molecule has 1 fully saturated rings. The summed E-state index contributed by atoms with van der Waals surface area (Å²) in [6, 6.07) is 7.06. The molecule has 0 bridgehead atoms. The number of carboxylic acid groups (broad SMARTS) is 1. The molecule has 1 atom stereocenters. The van der Waals surface area contributed by atoms with Crippen molar-refractivity contribution in [3.05, 3.63) is 34.9 Å². The number of amides is 2. The highest BCUT2D eigenvalue weighted by Crippen LogP contribution is 2.17. The summed E-state index contributed by atoms with van der Waals surface area (Å²) < 4.78 is 0. The van der Waals surface area contributed by atoms with Crippen LogP contribution < -0.4 is 5.32 Å². The maximum Gasteiger partial charge on any atom is 0.317 e. The van der Waals surface area contributed by atoms with Gasteiger partial charge in [-0.1, -0.05) is 29.8 Å². The molecule has 0 aromatic heterocycles. The van der Waals surface area contributed by atoms with E-state index in [1.54, 1.807) is 11.0 Å². The van der Waals surface area contributed by atoms with Crippen LogP contribution in [0.2, 0.25) is 5.02 Å². The Morgan fingerprint density at radius 3 is 2.85 bits per heavy atom. The molecular weight excluding hydrogens is 280 g/mol. The Morgan fingerprint density at radius 2 is 2.15 bits per heavy atom. The Kier molecular flexibility index (Phi) is 4.84. The van der Waals surface area contributed by atoms with Crippen LogP contribution >= 0.6 is 11.6 Å². The predicted molar refractivity (Wildman–Crippen MR) is 75.6 cm³/mol. The molecule has 1 aliphatic heterocycles. The number of hydrogen-bond donors (Lipinski definition) is 2. The molecule has 108 valence electrons. The highest BCUT2D eigenvalue weighted by atomic mass is 35.5. The summed E-state index contributed by atoms with van der Waals surface area (Å²) in [4.78, 5) is 24.6. The summed E-state index contributed by atoms with van der Waals surface area (Å²) in [5, 5.41) is 12.4. The number of nitrogens with one attached hydrogen (secondary N) is 1. The fourth-order valence-electron chi connectivity index (χ4n) is 2.29. The molecule has 0 spiro atoms. The molecule has 0 saturated carbocycles. The Labute approximate surface area is 122 Å². The number of carbonyl (C=O) groups is 2. The fraction of sp³-hybridized carbons (Fsp3) is 0.429. The van der Waals surface area contributed by atoms with Gasteiger partial charge in [0, 0.05) is 24.7 Å². The van der Waals surface area contributed by atoms with Crippen LogP contribution in [0.5, 0.6) is 0 Å². The van der Waals surface area contributed by atoms with Crippen molar-refractivity contribution in [3.63, 3.8) is 0 Å². The molecule has 1 aromatic rings. The number of carboxylic acids is 1. The van der Waals surface area contributed by atoms with Gasteiger partial charge in [-0.05, 0) is 24.5 Å². The second-order valence-corrected chi connectivity index (χ2v) is 5.28. The number of piperidine rings is 1. The molecule has 0 aliphatic carbocycles. The van der Waals surface area contributed by atoms with Crippen molar-refractivity contribution >= 4 is 23.6 Å². The van der Waals surface area contributed by atoms with Crippen molar-refractivity contribution in [2.75, 3.05) is 13.1 Å². The van der Waals surface area contributed by atoms with E-state index in [9.17, 15) is 9.59 Å². The van der Waals surface area contributed by atoms with Crippen LogP contribution in [0.25, 0.3) is 0 Å². The van der Waals surface area contributed by atoms with E-state index in [0.717, 1.165) is 12.0 Å². The Balaban J connectivity index is 1.89. The number of urea groups is 1. The van der Waals surface area contributed by atoms with E-state index in [0.29, 0.717) is 24.5 Å². The number of rotatable bonds is 3. The highest BCUT2D eigenvalue weighted by Gasteiger charge is 2.27. The first kappa shape index (κ1) is 14.7. The Morgan fingerprint density at radius 1 is 1.40 bits per heavy atom. The number of likely N-dealkylation sites (tertiary alicyclic amines) is 1. The van der Waals surface area contributed by atoms with E-state index >= 15 is 0 Å². The van der Waals surface area contributed by atoms with Crippen LogP contribution in [0, 0.1) is 5.92 Å². The minimum atomic E-state index is -0.839. The van der Waals surface area contributed by atoms with Crippen molar-refractivity contribution < 1.29 is 14.7 Å². The zero-order chi connectivity index (χ0) is 14.5. The van der Waals surface area contributed by atoms with Crippen LogP contribution in [0.15, 0.2) is 24.3 Å². The van der Waals surface area contributed by atoms with E-state index in [-0.39, 0.29) is 12.6 Å². The summed E-state index contributed by atoms with van der Waals surface area (Å²) >= 11 is 6.02. The standard InChI is InChI=1S/C14H17ClN2O3/c15-12-6-2-1-4-10(12)8-16-14(20)17-7-3-5-11(9-17)13(18)19/h1-2,4,6,11H,3,5,7-9H2,(H,16,20)(H,18,19)/t11-/m1/s1.